The molecule has 90 valence electrons. The first-order valence-electron chi connectivity index (χ1n) is 6.15. The van der Waals surface area contributed by atoms with E-state index in [1.165, 1.54) is 19.3 Å². The van der Waals surface area contributed by atoms with E-state index in [1.807, 2.05) is 18.7 Å². The maximum atomic E-state index is 4.34. The van der Waals surface area contributed by atoms with Gasteiger partial charge in [-0.2, -0.15) is 5.10 Å². The number of aromatic nitrogens is 2. The molecule has 0 amide bonds. The van der Waals surface area contributed by atoms with Crippen molar-refractivity contribution in [2.75, 3.05) is 18.4 Å². The first-order valence-corrected chi connectivity index (χ1v) is 6.15. The lowest BCUT2D eigenvalue weighted by Crippen LogP contribution is -2.45. The lowest BCUT2D eigenvalue weighted by atomic mass is 9.94. The lowest BCUT2D eigenvalue weighted by Gasteiger charge is -2.28. The Morgan fingerprint density at radius 3 is 2.94 bits per heavy atom. The van der Waals surface area contributed by atoms with Crippen molar-refractivity contribution < 1.29 is 0 Å². The fraction of sp³-hybridized carbons (Fsp3) is 0.750. The molecule has 1 aliphatic heterocycles. The van der Waals surface area contributed by atoms with Crippen LogP contribution in [0.15, 0.2) is 6.07 Å². The van der Waals surface area contributed by atoms with E-state index >= 15 is 0 Å². The van der Waals surface area contributed by atoms with Crippen molar-refractivity contribution in [1.82, 2.24) is 15.1 Å². The normalized spacial score (nSPS) is 24.9. The van der Waals surface area contributed by atoms with E-state index in [-0.39, 0.29) is 5.54 Å². The molecular weight excluding hydrogens is 200 g/mol. The number of rotatable bonds is 4. The number of nitrogens with one attached hydrogen (secondary N) is 2. The van der Waals surface area contributed by atoms with Crippen molar-refractivity contribution in [3.8, 4) is 0 Å². The van der Waals surface area contributed by atoms with E-state index in [4.69, 9.17) is 0 Å². The highest BCUT2D eigenvalue weighted by Crippen LogP contribution is 2.23. The molecule has 0 radical (unpaired) electrons. The topological polar surface area (TPSA) is 41.9 Å². The Bertz CT molecular complexity index is 350. The van der Waals surface area contributed by atoms with Crippen LogP contribution in [-0.4, -0.2) is 28.4 Å². The average molecular weight is 222 g/mol. The van der Waals surface area contributed by atoms with Gasteiger partial charge in [0, 0.05) is 25.2 Å². The van der Waals surface area contributed by atoms with Gasteiger partial charge in [-0.25, -0.2) is 0 Å². The molecule has 4 heteroatoms. The molecule has 1 saturated heterocycles. The van der Waals surface area contributed by atoms with Crippen LogP contribution in [0.1, 0.15) is 31.9 Å². The molecule has 0 bridgehead atoms. The van der Waals surface area contributed by atoms with Gasteiger partial charge in [-0.15, -0.1) is 0 Å². The first kappa shape index (κ1) is 11.5. The standard InChI is InChI=1S/C12H22N4/c1-4-12(6-5-7-14-12)9-13-11-8-10(2)15-16(11)3/h8,13-14H,4-7,9H2,1-3H3. The number of hydrogen-bond donors (Lipinski definition) is 2. The number of anilines is 1. The van der Waals surface area contributed by atoms with Crippen LogP contribution in [0.5, 0.6) is 0 Å². The largest absolute Gasteiger partial charge is 0.368 e. The molecule has 1 aromatic rings. The quantitative estimate of drug-likeness (QED) is 0.814. The Kier molecular flexibility index (Phi) is 3.19. The summed E-state index contributed by atoms with van der Waals surface area (Å²) in [7, 11) is 1.98. The molecule has 16 heavy (non-hydrogen) atoms. The molecule has 2 heterocycles. The van der Waals surface area contributed by atoms with Crippen molar-refractivity contribution >= 4 is 5.82 Å². The molecule has 0 saturated carbocycles. The van der Waals surface area contributed by atoms with Gasteiger partial charge in [0.1, 0.15) is 5.82 Å². The Hall–Kier alpha value is -1.03. The number of aryl methyl sites for hydroxylation is 2. The molecule has 1 atom stereocenters. The fourth-order valence-corrected chi connectivity index (χ4v) is 2.48. The second-order valence-electron chi connectivity index (χ2n) is 4.81. The van der Waals surface area contributed by atoms with Crippen LogP contribution in [0.2, 0.25) is 0 Å². The Morgan fingerprint density at radius 2 is 2.44 bits per heavy atom. The zero-order valence-electron chi connectivity index (χ0n) is 10.5. The van der Waals surface area contributed by atoms with Crippen LogP contribution in [0.4, 0.5) is 5.82 Å². The summed E-state index contributed by atoms with van der Waals surface area (Å²) in [5.74, 6) is 1.11. The van der Waals surface area contributed by atoms with Crippen LogP contribution in [0.25, 0.3) is 0 Å². The molecule has 1 fully saturated rings. The van der Waals surface area contributed by atoms with E-state index in [2.05, 4.69) is 28.7 Å². The lowest BCUT2D eigenvalue weighted by molar-refractivity contribution is 0.382. The zero-order chi connectivity index (χ0) is 11.6. The molecule has 2 rings (SSSR count). The van der Waals surface area contributed by atoms with Crippen LogP contribution < -0.4 is 10.6 Å². The van der Waals surface area contributed by atoms with Crippen LogP contribution >= 0.6 is 0 Å². The second kappa shape index (κ2) is 4.45. The van der Waals surface area contributed by atoms with Crippen molar-refractivity contribution in [1.29, 1.82) is 0 Å². The van der Waals surface area contributed by atoms with Gasteiger partial charge in [-0.1, -0.05) is 6.92 Å². The molecular formula is C12H22N4. The molecule has 0 aromatic carbocycles. The highest BCUT2D eigenvalue weighted by Gasteiger charge is 2.31. The summed E-state index contributed by atoms with van der Waals surface area (Å²) in [6.07, 6.45) is 3.74. The summed E-state index contributed by atoms with van der Waals surface area (Å²) in [5.41, 5.74) is 1.35. The number of nitrogens with zero attached hydrogens (tertiary/aromatic N) is 2. The van der Waals surface area contributed by atoms with E-state index < -0.39 is 0 Å². The van der Waals surface area contributed by atoms with Crippen molar-refractivity contribution in [3.63, 3.8) is 0 Å². The van der Waals surface area contributed by atoms with E-state index in [0.29, 0.717) is 0 Å². The summed E-state index contributed by atoms with van der Waals surface area (Å²) in [6, 6.07) is 2.10. The van der Waals surface area contributed by atoms with Gasteiger partial charge in [0.2, 0.25) is 0 Å². The van der Waals surface area contributed by atoms with Crippen molar-refractivity contribution in [2.24, 2.45) is 7.05 Å². The molecule has 0 aliphatic carbocycles. The minimum absolute atomic E-state index is 0.290. The average Bonchev–Trinajstić information content (AvgIpc) is 2.84. The first-order chi connectivity index (χ1) is 7.65. The third-order valence-corrected chi connectivity index (χ3v) is 3.62. The van der Waals surface area contributed by atoms with Gasteiger partial charge < -0.3 is 10.6 Å². The summed E-state index contributed by atoms with van der Waals surface area (Å²) in [4.78, 5) is 0. The zero-order valence-corrected chi connectivity index (χ0v) is 10.5. The van der Waals surface area contributed by atoms with Crippen LogP contribution in [-0.2, 0) is 7.05 Å². The minimum atomic E-state index is 0.290. The van der Waals surface area contributed by atoms with Gasteiger partial charge in [-0.3, -0.25) is 4.68 Å². The summed E-state index contributed by atoms with van der Waals surface area (Å²) < 4.78 is 1.91. The van der Waals surface area contributed by atoms with Gasteiger partial charge in [0.25, 0.3) is 0 Å². The van der Waals surface area contributed by atoms with Crippen molar-refractivity contribution in [2.45, 2.75) is 38.6 Å². The van der Waals surface area contributed by atoms with E-state index in [0.717, 1.165) is 24.6 Å². The van der Waals surface area contributed by atoms with E-state index in [9.17, 15) is 0 Å². The highest BCUT2D eigenvalue weighted by atomic mass is 15.3. The number of hydrogen-bond acceptors (Lipinski definition) is 3. The molecule has 0 spiro atoms. The van der Waals surface area contributed by atoms with Crippen LogP contribution in [0, 0.1) is 6.92 Å². The summed E-state index contributed by atoms with van der Waals surface area (Å²) >= 11 is 0. The van der Waals surface area contributed by atoms with Gasteiger partial charge in [-0.05, 0) is 32.7 Å². The third kappa shape index (κ3) is 2.21. The third-order valence-electron chi connectivity index (χ3n) is 3.62. The maximum Gasteiger partial charge on any atom is 0.124 e. The smallest absolute Gasteiger partial charge is 0.124 e. The monoisotopic (exact) mass is 222 g/mol. The van der Waals surface area contributed by atoms with Crippen LogP contribution in [0.3, 0.4) is 0 Å². The maximum absolute atomic E-state index is 4.34. The SMILES string of the molecule is CCC1(CNc2cc(C)nn2C)CCCN1. The van der Waals surface area contributed by atoms with Gasteiger partial charge in [0.15, 0.2) is 0 Å². The molecule has 1 aliphatic rings. The molecule has 1 aromatic heterocycles. The van der Waals surface area contributed by atoms with Crippen molar-refractivity contribution in [3.05, 3.63) is 11.8 Å². The van der Waals surface area contributed by atoms with E-state index in [1.54, 1.807) is 0 Å². The van der Waals surface area contributed by atoms with Gasteiger partial charge >= 0.3 is 0 Å². The predicted molar refractivity (Wildman–Crippen MR) is 66.7 cm³/mol. The summed E-state index contributed by atoms with van der Waals surface area (Å²) in [6.45, 7) is 6.42. The minimum Gasteiger partial charge on any atom is -0.368 e. The Morgan fingerprint density at radius 1 is 1.62 bits per heavy atom. The second-order valence-corrected chi connectivity index (χ2v) is 4.81. The predicted octanol–water partition coefficient (Wildman–Crippen LogP) is 1.67. The highest BCUT2D eigenvalue weighted by molar-refractivity contribution is 5.37. The fourth-order valence-electron chi connectivity index (χ4n) is 2.48. The van der Waals surface area contributed by atoms with Gasteiger partial charge in [0.05, 0.1) is 5.69 Å². The Labute approximate surface area is 97.4 Å². The molecule has 4 nitrogen and oxygen atoms in total. The Balaban J connectivity index is 1.98. The molecule has 2 N–H and O–H groups in total. The molecule has 1 unspecified atom stereocenters. The summed E-state index contributed by atoms with van der Waals surface area (Å²) in [5, 5.41) is 11.5.